The van der Waals surface area contributed by atoms with E-state index in [4.69, 9.17) is 0 Å². The standard InChI is InChI=1S/C8H13N3O.H2/c1-6(2)10-8(12)7-9-4-5-11(7)3;/h4-6H,1-3H3,(H,10,12);1H. The third kappa shape index (κ3) is 1.84. The fraction of sp³-hybridized carbons (Fsp3) is 0.500. The number of hydrogen-bond acceptors (Lipinski definition) is 2. The zero-order valence-corrected chi connectivity index (χ0v) is 7.53. The fourth-order valence-corrected chi connectivity index (χ4v) is 0.911. The van der Waals surface area contributed by atoms with E-state index in [9.17, 15) is 4.79 Å². The number of amides is 1. The minimum Gasteiger partial charge on any atom is -0.347 e. The van der Waals surface area contributed by atoms with Gasteiger partial charge in [-0.15, -0.1) is 0 Å². The van der Waals surface area contributed by atoms with Gasteiger partial charge in [-0.3, -0.25) is 4.79 Å². The largest absolute Gasteiger partial charge is 0.347 e. The summed E-state index contributed by atoms with van der Waals surface area (Å²) in [5.41, 5.74) is 0. The molecule has 1 N–H and O–H groups in total. The highest BCUT2D eigenvalue weighted by atomic mass is 16.2. The average molecular weight is 169 g/mol. The Morgan fingerprint density at radius 1 is 1.75 bits per heavy atom. The molecule has 1 amide bonds. The van der Waals surface area contributed by atoms with E-state index in [0.29, 0.717) is 5.82 Å². The van der Waals surface area contributed by atoms with Crippen molar-refractivity contribution in [3.05, 3.63) is 18.2 Å². The van der Waals surface area contributed by atoms with Gasteiger partial charge in [-0.1, -0.05) is 0 Å². The first-order valence-corrected chi connectivity index (χ1v) is 3.89. The third-order valence-corrected chi connectivity index (χ3v) is 1.44. The van der Waals surface area contributed by atoms with E-state index in [2.05, 4.69) is 10.3 Å². The molecule has 0 aliphatic heterocycles. The molecule has 0 aromatic carbocycles. The third-order valence-electron chi connectivity index (χ3n) is 1.44. The van der Waals surface area contributed by atoms with E-state index in [0.717, 1.165) is 0 Å². The van der Waals surface area contributed by atoms with E-state index in [1.54, 1.807) is 24.0 Å². The molecule has 4 nitrogen and oxygen atoms in total. The van der Waals surface area contributed by atoms with Crippen molar-refractivity contribution in [1.29, 1.82) is 0 Å². The number of nitrogens with zero attached hydrogens (tertiary/aromatic N) is 2. The second-order valence-corrected chi connectivity index (χ2v) is 2.99. The van der Waals surface area contributed by atoms with Crippen LogP contribution in [0.15, 0.2) is 12.4 Å². The Labute approximate surface area is 73.1 Å². The molecule has 4 heteroatoms. The van der Waals surface area contributed by atoms with Gasteiger partial charge in [0, 0.05) is 26.9 Å². The van der Waals surface area contributed by atoms with Crippen molar-refractivity contribution in [2.75, 3.05) is 0 Å². The molecular formula is C8H15N3O. The first kappa shape index (κ1) is 8.77. The number of hydrogen-bond donors (Lipinski definition) is 1. The van der Waals surface area contributed by atoms with Gasteiger partial charge in [0.1, 0.15) is 0 Å². The lowest BCUT2D eigenvalue weighted by atomic mass is 10.4. The second kappa shape index (κ2) is 3.38. The van der Waals surface area contributed by atoms with Crippen LogP contribution in [-0.2, 0) is 7.05 Å². The fourth-order valence-electron chi connectivity index (χ4n) is 0.911. The maximum Gasteiger partial charge on any atom is 0.287 e. The van der Waals surface area contributed by atoms with Crippen LogP contribution >= 0.6 is 0 Å². The summed E-state index contributed by atoms with van der Waals surface area (Å²) in [6.07, 6.45) is 3.35. The summed E-state index contributed by atoms with van der Waals surface area (Å²) < 4.78 is 1.69. The van der Waals surface area contributed by atoms with Crippen molar-refractivity contribution < 1.29 is 6.22 Å². The molecule has 0 radical (unpaired) electrons. The van der Waals surface area contributed by atoms with Crippen LogP contribution in [0.1, 0.15) is 25.9 Å². The minimum absolute atomic E-state index is 0. The van der Waals surface area contributed by atoms with Gasteiger partial charge in [0.05, 0.1) is 0 Å². The molecule has 0 aliphatic rings. The molecule has 1 rings (SSSR count). The molecule has 0 aliphatic carbocycles. The lowest BCUT2D eigenvalue weighted by Gasteiger charge is -2.07. The van der Waals surface area contributed by atoms with Crippen LogP contribution < -0.4 is 5.32 Å². The molecule has 1 aromatic heterocycles. The van der Waals surface area contributed by atoms with Crippen LogP contribution in [0.4, 0.5) is 0 Å². The summed E-state index contributed by atoms with van der Waals surface area (Å²) in [5, 5.41) is 2.76. The summed E-state index contributed by atoms with van der Waals surface area (Å²) in [4.78, 5) is 15.3. The van der Waals surface area contributed by atoms with Crippen LogP contribution in [0.2, 0.25) is 0 Å². The minimum atomic E-state index is -0.127. The lowest BCUT2D eigenvalue weighted by Crippen LogP contribution is -2.31. The summed E-state index contributed by atoms with van der Waals surface area (Å²) in [7, 11) is 1.79. The molecule has 12 heavy (non-hydrogen) atoms. The van der Waals surface area contributed by atoms with E-state index in [1.807, 2.05) is 13.8 Å². The predicted octanol–water partition coefficient (Wildman–Crippen LogP) is 0.804. The molecular weight excluding hydrogens is 154 g/mol. The Bertz CT molecular complexity index is 283. The molecule has 0 saturated carbocycles. The Kier molecular flexibility index (Phi) is 2.47. The van der Waals surface area contributed by atoms with Gasteiger partial charge in [-0.2, -0.15) is 0 Å². The van der Waals surface area contributed by atoms with Crippen LogP contribution in [-0.4, -0.2) is 21.5 Å². The van der Waals surface area contributed by atoms with E-state index in [-0.39, 0.29) is 13.4 Å². The highest BCUT2D eigenvalue weighted by molar-refractivity contribution is 5.90. The monoisotopic (exact) mass is 169 g/mol. The number of aryl methyl sites for hydroxylation is 1. The van der Waals surface area contributed by atoms with Crippen LogP contribution in [0, 0.1) is 0 Å². The topological polar surface area (TPSA) is 46.9 Å². The Hall–Kier alpha value is -1.32. The van der Waals surface area contributed by atoms with Crippen molar-refractivity contribution in [3.63, 3.8) is 0 Å². The van der Waals surface area contributed by atoms with Crippen molar-refractivity contribution in [3.8, 4) is 0 Å². The van der Waals surface area contributed by atoms with Crippen molar-refractivity contribution in [2.24, 2.45) is 7.05 Å². The summed E-state index contributed by atoms with van der Waals surface area (Å²) in [5.74, 6) is 0.321. The predicted molar refractivity (Wildman–Crippen MR) is 47.9 cm³/mol. The van der Waals surface area contributed by atoms with Crippen molar-refractivity contribution in [2.45, 2.75) is 19.9 Å². The maximum atomic E-state index is 11.3. The molecule has 0 bridgehead atoms. The second-order valence-electron chi connectivity index (χ2n) is 2.99. The van der Waals surface area contributed by atoms with E-state index in [1.165, 1.54) is 0 Å². The summed E-state index contributed by atoms with van der Waals surface area (Å²) >= 11 is 0. The van der Waals surface area contributed by atoms with E-state index < -0.39 is 0 Å². The molecule has 0 atom stereocenters. The average Bonchev–Trinajstić information content (AvgIpc) is 2.33. The van der Waals surface area contributed by atoms with Gasteiger partial charge in [0.15, 0.2) is 5.82 Å². The van der Waals surface area contributed by atoms with Gasteiger partial charge < -0.3 is 9.88 Å². The summed E-state index contributed by atoms with van der Waals surface area (Å²) in [6, 6.07) is 0.147. The SMILES string of the molecule is CC(C)NC(=O)c1nccn1C.[HH]. The Morgan fingerprint density at radius 2 is 2.42 bits per heavy atom. The number of imidazole rings is 1. The van der Waals surface area contributed by atoms with Crippen molar-refractivity contribution in [1.82, 2.24) is 14.9 Å². The van der Waals surface area contributed by atoms with Gasteiger partial charge in [0.2, 0.25) is 0 Å². The van der Waals surface area contributed by atoms with Gasteiger partial charge >= 0.3 is 0 Å². The zero-order chi connectivity index (χ0) is 9.14. The highest BCUT2D eigenvalue weighted by Gasteiger charge is 2.10. The van der Waals surface area contributed by atoms with Crippen LogP contribution in [0.3, 0.4) is 0 Å². The molecule has 0 spiro atoms. The first-order chi connectivity index (χ1) is 5.61. The lowest BCUT2D eigenvalue weighted by molar-refractivity contribution is 0.0929. The summed E-state index contributed by atoms with van der Waals surface area (Å²) in [6.45, 7) is 3.84. The normalized spacial score (nSPS) is 10.3. The zero-order valence-electron chi connectivity index (χ0n) is 7.53. The molecule has 1 heterocycles. The molecule has 0 saturated heterocycles. The maximum absolute atomic E-state index is 11.3. The first-order valence-electron chi connectivity index (χ1n) is 3.89. The quantitative estimate of drug-likeness (QED) is 0.712. The highest BCUT2D eigenvalue weighted by Crippen LogP contribution is 1.94. The van der Waals surface area contributed by atoms with Gasteiger partial charge in [0.25, 0.3) is 5.91 Å². The van der Waals surface area contributed by atoms with Gasteiger partial charge in [-0.25, -0.2) is 4.98 Å². The van der Waals surface area contributed by atoms with Crippen LogP contribution in [0.25, 0.3) is 0 Å². The smallest absolute Gasteiger partial charge is 0.287 e. The Morgan fingerprint density at radius 3 is 2.83 bits per heavy atom. The number of carbonyl (C=O) groups excluding carboxylic acids is 1. The van der Waals surface area contributed by atoms with Crippen molar-refractivity contribution >= 4 is 5.91 Å². The molecule has 1 aromatic rings. The number of rotatable bonds is 2. The van der Waals surface area contributed by atoms with E-state index >= 15 is 0 Å². The van der Waals surface area contributed by atoms with Gasteiger partial charge in [-0.05, 0) is 13.8 Å². The number of carbonyl (C=O) groups is 1. The Balaban J connectivity index is 0.00000144. The molecule has 0 unspecified atom stereocenters. The van der Waals surface area contributed by atoms with Crippen LogP contribution in [0.5, 0.6) is 0 Å². The number of nitrogens with one attached hydrogen (secondary N) is 1. The number of aromatic nitrogens is 2. The molecule has 68 valence electrons. The molecule has 0 fully saturated rings.